The molecular weight excluding hydrogens is 336 g/mol. The molecule has 0 spiro atoms. The molecule has 2 N–H and O–H groups in total. The number of halogens is 1. The maximum Gasteiger partial charge on any atom is 0.251 e. The molecule has 0 saturated carbocycles. The zero-order valence-corrected chi connectivity index (χ0v) is 14.2. The molecule has 25 heavy (non-hydrogen) atoms. The van der Waals surface area contributed by atoms with Crippen LogP contribution in [-0.2, 0) is 13.1 Å². The summed E-state index contributed by atoms with van der Waals surface area (Å²) in [5, 5.41) is 6.80. The Morgan fingerprint density at radius 2 is 1.64 bits per heavy atom. The van der Waals surface area contributed by atoms with E-state index in [1.54, 1.807) is 30.7 Å². The summed E-state index contributed by atoms with van der Waals surface area (Å²) in [5.74, 6) is 0.500. The average Bonchev–Trinajstić information content (AvgIpc) is 2.67. The molecule has 1 aromatic carbocycles. The van der Waals surface area contributed by atoms with Crippen LogP contribution < -0.4 is 10.6 Å². The number of aromatic nitrogens is 2. The third-order valence-electron chi connectivity index (χ3n) is 3.61. The van der Waals surface area contributed by atoms with E-state index < -0.39 is 0 Å². The number of hydrogen-bond acceptors (Lipinski definition) is 4. The lowest BCUT2D eigenvalue weighted by atomic mass is 10.2. The van der Waals surface area contributed by atoms with Crippen LogP contribution in [0.2, 0.25) is 5.02 Å². The van der Waals surface area contributed by atoms with Crippen LogP contribution in [0.5, 0.6) is 0 Å². The summed E-state index contributed by atoms with van der Waals surface area (Å²) in [6.07, 6.45) is 5.02. The van der Waals surface area contributed by atoms with Gasteiger partial charge >= 0.3 is 0 Å². The molecule has 1 amide bonds. The monoisotopic (exact) mass is 352 g/mol. The fourth-order valence-electron chi connectivity index (χ4n) is 2.25. The minimum absolute atomic E-state index is 0.145. The van der Waals surface area contributed by atoms with E-state index in [1.807, 2.05) is 36.4 Å². The van der Waals surface area contributed by atoms with E-state index in [4.69, 9.17) is 11.6 Å². The largest absolute Gasteiger partial charge is 0.366 e. The van der Waals surface area contributed by atoms with Gasteiger partial charge in [0.15, 0.2) is 0 Å². The minimum Gasteiger partial charge on any atom is -0.366 e. The Morgan fingerprint density at radius 3 is 2.40 bits per heavy atom. The van der Waals surface area contributed by atoms with Gasteiger partial charge in [-0.2, -0.15) is 0 Å². The van der Waals surface area contributed by atoms with E-state index in [0.717, 1.165) is 11.1 Å². The first-order chi connectivity index (χ1) is 12.2. The van der Waals surface area contributed by atoms with E-state index >= 15 is 0 Å². The molecule has 0 saturated heterocycles. The number of carbonyl (C=O) groups is 1. The van der Waals surface area contributed by atoms with Crippen molar-refractivity contribution in [1.82, 2.24) is 15.3 Å². The maximum atomic E-state index is 12.3. The van der Waals surface area contributed by atoms with Crippen LogP contribution >= 0.6 is 11.6 Å². The van der Waals surface area contributed by atoms with Gasteiger partial charge in [-0.05, 0) is 47.5 Å². The first-order valence-electron chi connectivity index (χ1n) is 7.82. The Hall–Kier alpha value is -2.92. The standard InChI is InChI=1S/C19H17ClN4O/c20-17-3-1-14(2-4-17)12-23-18-11-16(7-10-22-18)19(25)24-13-15-5-8-21-9-6-15/h1-11H,12-13H2,(H,22,23)(H,24,25). The molecule has 6 heteroatoms. The van der Waals surface area contributed by atoms with Gasteiger partial charge in [-0.15, -0.1) is 0 Å². The number of nitrogens with zero attached hydrogens (tertiary/aromatic N) is 2. The predicted molar refractivity (Wildman–Crippen MR) is 98.4 cm³/mol. The van der Waals surface area contributed by atoms with Gasteiger partial charge in [0.05, 0.1) is 0 Å². The van der Waals surface area contributed by atoms with E-state index in [9.17, 15) is 4.79 Å². The lowest BCUT2D eigenvalue weighted by molar-refractivity contribution is 0.0951. The van der Waals surface area contributed by atoms with Crippen molar-refractivity contribution < 1.29 is 4.79 Å². The van der Waals surface area contributed by atoms with Gasteiger partial charge in [0.25, 0.3) is 5.91 Å². The molecule has 0 bridgehead atoms. The highest BCUT2D eigenvalue weighted by Crippen LogP contribution is 2.12. The highest BCUT2D eigenvalue weighted by molar-refractivity contribution is 6.30. The Kier molecular flexibility index (Phi) is 5.59. The molecule has 0 aliphatic rings. The Balaban J connectivity index is 1.58. The zero-order chi connectivity index (χ0) is 17.5. The Morgan fingerprint density at radius 1 is 0.920 bits per heavy atom. The average molecular weight is 353 g/mol. The topological polar surface area (TPSA) is 66.9 Å². The molecule has 3 aromatic rings. The number of benzene rings is 1. The fraction of sp³-hybridized carbons (Fsp3) is 0.105. The number of rotatable bonds is 6. The van der Waals surface area contributed by atoms with E-state index in [0.29, 0.717) is 29.5 Å². The van der Waals surface area contributed by atoms with Gasteiger partial charge in [-0.1, -0.05) is 23.7 Å². The molecule has 0 fully saturated rings. The van der Waals surface area contributed by atoms with Crippen LogP contribution in [0.1, 0.15) is 21.5 Å². The molecule has 0 aliphatic heterocycles. The second-order valence-electron chi connectivity index (χ2n) is 5.45. The summed E-state index contributed by atoms with van der Waals surface area (Å²) in [6, 6.07) is 14.7. The number of hydrogen-bond donors (Lipinski definition) is 2. The second-order valence-corrected chi connectivity index (χ2v) is 5.88. The third kappa shape index (κ3) is 5.02. The zero-order valence-electron chi connectivity index (χ0n) is 13.4. The molecule has 2 aromatic heterocycles. The smallest absolute Gasteiger partial charge is 0.251 e. The summed E-state index contributed by atoms with van der Waals surface area (Å²) < 4.78 is 0. The van der Waals surface area contributed by atoms with Gasteiger partial charge in [-0.25, -0.2) is 4.98 Å². The fourth-order valence-corrected chi connectivity index (χ4v) is 2.37. The van der Waals surface area contributed by atoms with Crippen LogP contribution in [0.3, 0.4) is 0 Å². The van der Waals surface area contributed by atoms with Crippen molar-refractivity contribution in [3.63, 3.8) is 0 Å². The highest BCUT2D eigenvalue weighted by Gasteiger charge is 2.07. The number of carbonyl (C=O) groups excluding carboxylic acids is 1. The number of amides is 1. The van der Waals surface area contributed by atoms with Crippen molar-refractivity contribution in [2.75, 3.05) is 5.32 Å². The lowest BCUT2D eigenvalue weighted by Gasteiger charge is -2.09. The van der Waals surface area contributed by atoms with E-state index in [1.165, 1.54) is 0 Å². The van der Waals surface area contributed by atoms with Crippen molar-refractivity contribution in [3.8, 4) is 0 Å². The van der Waals surface area contributed by atoms with Gasteiger partial charge in [0, 0.05) is 42.3 Å². The first kappa shape index (κ1) is 16.9. The van der Waals surface area contributed by atoms with Crippen LogP contribution in [0.4, 0.5) is 5.82 Å². The van der Waals surface area contributed by atoms with Crippen LogP contribution in [0.25, 0.3) is 0 Å². The van der Waals surface area contributed by atoms with Crippen molar-refractivity contribution in [1.29, 1.82) is 0 Å². The van der Waals surface area contributed by atoms with Crippen LogP contribution in [0, 0.1) is 0 Å². The summed E-state index contributed by atoms with van der Waals surface area (Å²) >= 11 is 5.88. The third-order valence-corrected chi connectivity index (χ3v) is 3.86. The Labute approximate surface area is 151 Å². The van der Waals surface area contributed by atoms with Crippen molar-refractivity contribution in [3.05, 3.63) is 88.8 Å². The van der Waals surface area contributed by atoms with Crippen molar-refractivity contribution in [2.24, 2.45) is 0 Å². The maximum absolute atomic E-state index is 12.3. The molecule has 126 valence electrons. The lowest BCUT2D eigenvalue weighted by Crippen LogP contribution is -2.23. The summed E-state index contributed by atoms with van der Waals surface area (Å²) in [7, 11) is 0. The van der Waals surface area contributed by atoms with Crippen LogP contribution in [-0.4, -0.2) is 15.9 Å². The van der Waals surface area contributed by atoms with Gasteiger partial charge in [-0.3, -0.25) is 9.78 Å². The molecule has 0 radical (unpaired) electrons. The minimum atomic E-state index is -0.145. The van der Waals surface area contributed by atoms with Gasteiger partial charge in [0.2, 0.25) is 0 Å². The Bertz CT molecular complexity index is 838. The molecule has 3 rings (SSSR count). The van der Waals surface area contributed by atoms with E-state index in [-0.39, 0.29) is 5.91 Å². The second kappa shape index (κ2) is 8.26. The summed E-state index contributed by atoms with van der Waals surface area (Å²) in [5.41, 5.74) is 2.64. The number of anilines is 1. The number of nitrogens with one attached hydrogen (secondary N) is 2. The quantitative estimate of drug-likeness (QED) is 0.710. The first-order valence-corrected chi connectivity index (χ1v) is 8.20. The SMILES string of the molecule is O=C(NCc1ccncc1)c1ccnc(NCc2ccc(Cl)cc2)c1. The summed E-state index contributed by atoms with van der Waals surface area (Å²) in [4.78, 5) is 20.5. The molecule has 0 aliphatic carbocycles. The molecule has 0 atom stereocenters. The van der Waals surface area contributed by atoms with Crippen molar-refractivity contribution >= 4 is 23.3 Å². The molecular formula is C19H17ClN4O. The highest BCUT2D eigenvalue weighted by atomic mass is 35.5. The molecule has 2 heterocycles. The van der Waals surface area contributed by atoms with Crippen molar-refractivity contribution in [2.45, 2.75) is 13.1 Å². The van der Waals surface area contributed by atoms with Gasteiger partial charge in [0.1, 0.15) is 5.82 Å². The molecule has 0 unspecified atom stereocenters. The predicted octanol–water partition coefficient (Wildman–Crippen LogP) is 3.67. The van der Waals surface area contributed by atoms with Crippen LogP contribution in [0.15, 0.2) is 67.1 Å². The summed E-state index contributed by atoms with van der Waals surface area (Å²) in [6.45, 7) is 1.06. The van der Waals surface area contributed by atoms with E-state index in [2.05, 4.69) is 20.6 Å². The normalized spacial score (nSPS) is 10.3. The number of pyridine rings is 2. The van der Waals surface area contributed by atoms with Gasteiger partial charge < -0.3 is 10.6 Å². The molecule has 5 nitrogen and oxygen atoms in total.